The van der Waals surface area contributed by atoms with E-state index in [1.54, 1.807) is 28.2 Å². The highest BCUT2D eigenvalue weighted by atomic mass is 32.1. The third-order valence-corrected chi connectivity index (χ3v) is 4.97. The molecular weight excluding hydrogens is 314 g/mol. The van der Waals surface area contributed by atoms with Gasteiger partial charge in [0.05, 0.1) is 13.0 Å². The van der Waals surface area contributed by atoms with Gasteiger partial charge in [0.25, 0.3) is 0 Å². The van der Waals surface area contributed by atoms with Gasteiger partial charge in [-0.05, 0) is 31.2 Å². The summed E-state index contributed by atoms with van der Waals surface area (Å²) >= 11 is 1.54. The highest BCUT2D eigenvalue weighted by molar-refractivity contribution is 7.10. The molecule has 1 aliphatic rings. The molecule has 0 saturated carbocycles. The monoisotopic (exact) mass is 337 g/mol. The molecule has 1 aliphatic heterocycles. The molecule has 126 valence electrons. The normalized spacial score (nSPS) is 17.1. The van der Waals surface area contributed by atoms with Crippen LogP contribution in [0.25, 0.3) is 0 Å². The maximum absolute atomic E-state index is 12.4. The SMILES string of the molecule is CCN(C)C(=O)CNC(=O)C1CCCN1C(=O)Cc1cccs1. The smallest absolute Gasteiger partial charge is 0.243 e. The maximum Gasteiger partial charge on any atom is 0.243 e. The second kappa shape index (κ2) is 8.10. The maximum atomic E-state index is 12.4. The number of hydrogen-bond donors (Lipinski definition) is 1. The molecule has 0 aliphatic carbocycles. The van der Waals surface area contributed by atoms with Gasteiger partial charge in [-0.15, -0.1) is 11.3 Å². The molecule has 0 spiro atoms. The molecule has 0 aromatic carbocycles. The first-order valence-corrected chi connectivity index (χ1v) is 8.74. The van der Waals surface area contributed by atoms with Crippen LogP contribution >= 0.6 is 11.3 Å². The summed E-state index contributed by atoms with van der Waals surface area (Å²) < 4.78 is 0. The Labute approximate surface area is 140 Å². The highest BCUT2D eigenvalue weighted by Crippen LogP contribution is 2.20. The molecule has 3 amide bonds. The Morgan fingerprint density at radius 3 is 2.87 bits per heavy atom. The molecule has 7 heteroatoms. The molecule has 0 radical (unpaired) electrons. The summed E-state index contributed by atoms with van der Waals surface area (Å²) in [5.41, 5.74) is 0. The zero-order valence-electron chi connectivity index (χ0n) is 13.6. The summed E-state index contributed by atoms with van der Waals surface area (Å²) in [7, 11) is 1.70. The summed E-state index contributed by atoms with van der Waals surface area (Å²) in [6.07, 6.45) is 1.80. The first-order valence-electron chi connectivity index (χ1n) is 7.86. The second-order valence-corrected chi connectivity index (χ2v) is 6.66. The number of nitrogens with one attached hydrogen (secondary N) is 1. The fourth-order valence-electron chi connectivity index (χ4n) is 2.59. The van der Waals surface area contributed by atoms with E-state index in [4.69, 9.17) is 0 Å². The minimum Gasteiger partial charge on any atom is -0.345 e. The predicted octanol–water partition coefficient (Wildman–Crippen LogP) is 0.876. The Balaban J connectivity index is 1.88. The second-order valence-electron chi connectivity index (χ2n) is 5.63. The average molecular weight is 337 g/mol. The van der Waals surface area contributed by atoms with Gasteiger partial charge in [-0.3, -0.25) is 14.4 Å². The molecule has 1 unspecified atom stereocenters. The lowest BCUT2D eigenvalue weighted by molar-refractivity contribution is -0.138. The molecule has 2 rings (SSSR count). The highest BCUT2D eigenvalue weighted by Gasteiger charge is 2.34. The third kappa shape index (κ3) is 4.54. The number of nitrogens with zero attached hydrogens (tertiary/aromatic N) is 2. The van der Waals surface area contributed by atoms with Gasteiger partial charge in [0.2, 0.25) is 17.7 Å². The van der Waals surface area contributed by atoms with Crippen molar-refractivity contribution in [1.29, 1.82) is 0 Å². The zero-order chi connectivity index (χ0) is 16.8. The summed E-state index contributed by atoms with van der Waals surface area (Å²) in [6, 6.07) is 3.38. The molecule has 0 bridgehead atoms. The van der Waals surface area contributed by atoms with E-state index < -0.39 is 6.04 Å². The van der Waals surface area contributed by atoms with Crippen LogP contribution in [0.1, 0.15) is 24.6 Å². The third-order valence-electron chi connectivity index (χ3n) is 4.10. The lowest BCUT2D eigenvalue weighted by Gasteiger charge is -2.24. The Morgan fingerprint density at radius 1 is 1.43 bits per heavy atom. The minimum atomic E-state index is -0.456. The van der Waals surface area contributed by atoms with Gasteiger partial charge in [-0.2, -0.15) is 0 Å². The van der Waals surface area contributed by atoms with Gasteiger partial charge in [0.1, 0.15) is 6.04 Å². The van der Waals surface area contributed by atoms with Crippen molar-refractivity contribution in [3.63, 3.8) is 0 Å². The quantitative estimate of drug-likeness (QED) is 0.838. The summed E-state index contributed by atoms with van der Waals surface area (Å²) in [4.78, 5) is 40.6. The van der Waals surface area contributed by atoms with Gasteiger partial charge < -0.3 is 15.1 Å². The first kappa shape index (κ1) is 17.5. The molecular formula is C16H23N3O3S. The van der Waals surface area contributed by atoms with Crippen LogP contribution in [0.2, 0.25) is 0 Å². The van der Waals surface area contributed by atoms with Crippen molar-refractivity contribution in [1.82, 2.24) is 15.1 Å². The number of carbonyl (C=O) groups is 3. The van der Waals surface area contributed by atoms with Gasteiger partial charge >= 0.3 is 0 Å². The van der Waals surface area contributed by atoms with Crippen LogP contribution in [0, 0.1) is 0 Å². The van der Waals surface area contributed by atoms with Crippen molar-refractivity contribution in [2.75, 3.05) is 26.7 Å². The Bertz CT molecular complexity index is 559. The van der Waals surface area contributed by atoms with Crippen LogP contribution in [-0.2, 0) is 20.8 Å². The van der Waals surface area contributed by atoms with E-state index >= 15 is 0 Å². The van der Waals surface area contributed by atoms with Gasteiger partial charge in [0, 0.05) is 25.0 Å². The minimum absolute atomic E-state index is 0.0212. The van der Waals surface area contributed by atoms with E-state index in [1.807, 2.05) is 24.4 Å². The van der Waals surface area contributed by atoms with Crippen molar-refractivity contribution in [3.8, 4) is 0 Å². The largest absolute Gasteiger partial charge is 0.345 e. The number of rotatable bonds is 6. The van der Waals surface area contributed by atoms with Gasteiger partial charge in [0.15, 0.2) is 0 Å². The first-order chi connectivity index (χ1) is 11.0. The van der Waals surface area contributed by atoms with Crippen LogP contribution in [0.15, 0.2) is 17.5 Å². The topological polar surface area (TPSA) is 69.7 Å². The Kier molecular flexibility index (Phi) is 6.15. The van der Waals surface area contributed by atoms with Crippen LogP contribution in [0.4, 0.5) is 0 Å². The lowest BCUT2D eigenvalue weighted by atomic mass is 10.2. The molecule has 1 aromatic heterocycles. The van der Waals surface area contributed by atoms with E-state index in [2.05, 4.69) is 5.32 Å². The molecule has 1 fully saturated rings. The van der Waals surface area contributed by atoms with Crippen molar-refractivity contribution < 1.29 is 14.4 Å². The van der Waals surface area contributed by atoms with E-state index in [1.165, 1.54) is 0 Å². The van der Waals surface area contributed by atoms with E-state index in [0.29, 0.717) is 25.9 Å². The number of amides is 3. The van der Waals surface area contributed by atoms with E-state index in [9.17, 15) is 14.4 Å². The van der Waals surface area contributed by atoms with E-state index in [-0.39, 0.29) is 24.3 Å². The molecule has 2 heterocycles. The number of thiophene rings is 1. The number of likely N-dealkylation sites (tertiary alicyclic amines) is 1. The van der Waals surface area contributed by atoms with Crippen LogP contribution in [-0.4, -0.2) is 60.2 Å². The fraction of sp³-hybridized carbons (Fsp3) is 0.562. The predicted molar refractivity (Wildman–Crippen MR) is 89.1 cm³/mol. The molecule has 1 saturated heterocycles. The number of likely N-dealkylation sites (N-methyl/N-ethyl adjacent to an activating group) is 1. The summed E-state index contributed by atoms with van der Waals surface area (Å²) in [5.74, 6) is -0.391. The van der Waals surface area contributed by atoms with Crippen LogP contribution in [0.3, 0.4) is 0 Å². The van der Waals surface area contributed by atoms with Gasteiger partial charge in [-0.25, -0.2) is 0 Å². The molecule has 1 aromatic rings. The molecule has 6 nitrogen and oxygen atoms in total. The Hall–Kier alpha value is -1.89. The number of carbonyl (C=O) groups excluding carboxylic acids is 3. The lowest BCUT2D eigenvalue weighted by Crippen LogP contribution is -2.48. The van der Waals surface area contributed by atoms with Crippen LogP contribution < -0.4 is 5.32 Å². The summed E-state index contributed by atoms with van der Waals surface area (Å²) in [5, 5.41) is 4.60. The molecule has 1 atom stereocenters. The summed E-state index contributed by atoms with van der Waals surface area (Å²) in [6.45, 7) is 3.06. The molecule has 23 heavy (non-hydrogen) atoms. The van der Waals surface area contributed by atoms with Crippen molar-refractivity contribution in [2.45, 2.75) is 32.2 Å². The zero-order valence-corrected chi connectivity index (χ0v) is 14.4. The fourth-order valence-corrected chi connectivity index (χ4v) is 3.29. The molecule has 1 N–H and O–H groups in total. The number of hydrogen-bond acceptors (Lipinski definition) is 4. The van der Waals surface area contributed by atoms with Crippen molar-refractivity contribution >= 4 is 29.1 Å². The standard InChI is InChI=1S/C16H23N3O3S/c1-3-18(2)15(21)11-17-16(22)13-7-4-8-19(13)14(20)10-12-6-5-9-23-12/h5-6,9,13H,3-4,7-8,10-11H2,1-2H3,(H,17,22). The van der Waals surface area contributed by atoms with Crippen LogP contribution in [0.5, 0.6) is 0 Å². The van der Waals surface area contributed by atoms with Crippen molar-refractivity contribution in [2.24, 2.45) is 0 Å². The van der Waals surface area contributed by atoms with Crippen molar-refractivity contribution in [3.05, 3.63) is 22.4 Å². The Morgan fingerprint density at radius 2 is 2.22 bits per heavy atom. The average Bonchev–Trinajstić information content (AvgIpc) is 3.22. The van der Waals surface area contributed by atoms with E-state index in [0.717, 1.165) is 11.3 Å². The van der Waals surface area contributed by atoms with Gasteiger partial charge in [-0.1, -0.05) is 6.07 Å².